The van der Waals surface area contributed by atoms with Crippen molar-refractivity contribution >= 4 is 3.21 Å². The molecule has 0 saturated heterocycles. The van der Waals surface area contributed by atoms with Crippen LogP contribution >= 0.6 is 0 Å². The summed E-state index contributed by atoms with van der Waals surface area (Å²) in [4.78, 5) is 0. The molecule has 0 fully saturated rings. The van der Waals surface area contributed by atoms with Gasteiger partial charge in [0.2, 0.25) is 0 Å². The van der Waals surface area contributed by atoms with Gasteiger partial charge in [-0.05, 0) is 0 Å². The molecule has 2 aromatic rings. The monoisotopic (exact) mass is 340 g/mol. The Balaban J connectivity index is 2.22. The van der Waals surface area contributed by atoms with E-state index in [1.807, 2.05) is 0 Å². The summed E-state index contributed by atoms with van der Waals surface area (Å²) < 4.78 is 1.43. The fraction of sp³-hybridized carbons (Fsp3) is 0.316. The van der Waals surface area contributed by atoms with Gasteiger partial charge < -0.3 is 0 Å². The Labute approximate surface area is 137 Å². The van der Waals surface area contributed by atoms with E-state index in [0.29, 0.717) is 11.8 Å². The number of rotatable bonds is 4. The first-order chi connectivity index (χ1) is 9.49. The Bertz CT molecular complexity index is 521. The van der Waals surface area contributed by atoms with Crippen LogP contribution in [0.2, 0.25) is 0 Å². The Morgan fingerprint density at radius 1 is 0.650 bits per heavy atom. The van der Waals surface area contributed by atoms with Crippen molar-refractivity contribution in [3.63, 3.8) is 0 Å². The van der Waals surface area contributed by atoms with Gasteiger partial charge in [-0.1, -0.05) is 0 Å². The molecule has 0 amide bonds. The number of benzene rings is 2. The van der Waals surface area contributed by atoms with Gasteiger partial charge in [-0.25, -0.2) is 0 Å². The maximum atomic E-state index is 2.26. The molecule has 0 aromatic heterocycles. The van der Waals surface area contributed by atoms with Crippen LogP contribution in [0.4, 0.5) is 0 Å². The zero-order valence-electron chi connectivity index (χ0n) is 12.8. The normalized spacial score (nSPS) is 11.2. The van der Waals surface area contributed by atoms with Crippen molar-refractivity contribution in [2.75, 3.05) is 0 Å². The summed E-state index contributed by atoms with van der Waals surface area (Å²) in [7, 11) is 0. The van der Waals surface area contributed by atoms with Crippen LogP contribution in [0.5, 0.6) is 0 Å². The van der Waals surface area contributed by atoms with Crippen LogP contribution in [-0.4, -0.2) is 3.21 Å². The van der Waals surface area contributed by atoms with Crippen molar-refractivity contribution in [2.24, 2.45) is 0 Å². The molecule has 0 bridgehead atoms. The third kappa shape index (κ3) is 3.64. The van der Waals surface area contributed by atoms with Gasteiger partial charge >= 0.3 is 138 Å². The zero-order valence-corrected chi connectivity index (χ0v) is 15.2. The average molecular weight is 342 g/mol. The van der Waals surface area contributed by atoms with E-state index in [9.17, 15) is 0 Å². The summed E-state index contributed by atoms with van der Waals surface area (Å²) >= 11 is 1.47. The molecule has 0 radical (unpaired) electrons. The minimum absolute atomic E-state index is 0.600. The van der Waals surface area contributed by atoms with Crippen molar-refractivity contribution in [3.8, 4) is 0 Å². The molecule has 0 atom stereocenters. The predicted octanol–water partition coefficient (Wildman–Crippen LogP) is 5.05. The molecule has 0 unspecified atom stereocenters. The third-order valence-electron chi connectivity index (χ3n) is 3.73. The standard InChI is InChI=1S/C19H22.Zr/c1-14(2)18-9-5-16(6-10-18)13-17-7-11-19(12-8-17)15(3)4;/h5-12,14-15H,1-4H3;/q;+2. The zero-order chi connectivity index (χ0) is 14.7. The molecule has 2 rings (SSSR count). The molecule has 0 heterocycles. The van der Waals surface area contributed by atoms with Crippen LogP contribution in [-0.2, 0) is 24.2 Å². The van der Waals surface area contributed by atoms with Crippen LogP contribution in [0.25, 0.3) is 0 Å². The topological polar surface area (TPSA) is 0 Å². The second-order valence-corrected chi connectivity index (χ2v) is 7.16. The summed E-state index contributed by atoms with van der Waals surface area (Å²) in [6.07, 6.45) is 0. The summed E-state index contributed by atoms with van der Waals surface area (Å²) in [5, 5.41) is 0. The van der Waals surface area contributed by atoms with Crippen LogP contribution in [0, 0.1) is 0 Å². The third-order valence-corrected chi connectivity index (χ3v) is 5.15. The van der Waals surface area contributed by atoms with Crippen molar-refractivity contribution < 1.29 is 24.2 Å². The molecule has 20 heavy (non-hydrogen) atoms. The molecular weight excluding hydrogens is 319 g/mol. The first kappa shape index (κ1) is 15.6. The van der Waals surface area contributed by atoms with Crippen LogP contribution < -0.4 is 0 Å². The Morgan fingerprint density at radius 2 is 0.950 bits per heavy atom. The second-order valence-electron chi connectivity index (χ2n) is 5.93. The van der Waals surface area contributed by atoms with Crippen molar-refractivity contribution in [3.05, 3.63) is 70.8 Å². The van der Waals surface area contributed by atoms with E-state index < -0.39 is 0 Å². The van der Waals surface area contributed by atoms with E-state index in [4.69, 9.17) is 0 Å². The second kappa shape index (κ2) is 6.77. The molecule has 0 aliphatic heterocycles. The van der Waals surface area contributed by atoms with Gasteiger partial charge in [0, 0.05) is 0 Å². The first-order valence-corrected chi connectivity index (χ1v) is 8.51. The van der Waals surface area contributed by atoms with Gasteiger partial charge in [0.1, 0.15) is 0 Å². The van der Waals surface area contributed by atoms with Crippen LogP contribution in [0.1, 0.15) is 61.8 Å². The van der Waals surface area contributed by atoms with E-state index in [2.05, 4.69) is 76.2 Å². The van der Waals surface area contributed by atoms with Crippen molar-refractivity contribution in [1.82, 2.24) is 0 Å². The maximum absolute atomic E-state index is 2.26. The summed E-state index contributed by atoms with van der Waals surface area (Å²) in [5.41, 5.74) is 5.52. The number of hydrogen-bond acceptors (Lipinski definition) is 0. The molecule has 0 aliphatic carbocycles. The van der Waals surface area contributed by atoms with E-state index in [0.717, 1.165) is 0 Å². The Kier molecular flexibility index (Phi) is 5.27. The molecule has 0 saturated carbocycles. The molecule has 0 N–H and O–H groups in total. The molecule has 0 nitrogen and oxygen atoms in total. The fourth-order valence-corrected chi connectivity index (χ4v) is 3.06. The quantitative estimate of drug-likeness (QED) is 0.730. The van der Waals surface area contributed by atoms with Crippen molar-refractivity contribution in [1.29, 1.82) is 0 Å². The van der Waals surface area contributed by atoms with Gasteiger partial charge in [-0.15, -0.1) is 0 Å². The molecule has 0 aliphatic rings. The van der Waals surface area contributed by atoms with Crippen molar-refractivity contribution in [2.45, 2.75) is 39.5 Å². The van der Waals surface area contributed by atoms with Gasteiger partial charge in [0.15, 0.2) is 0 Å². The van der Waals surface area contributed by atoms with E-state index in [1.165, 1.54) is 49.7 Å². The molecule has 2 aromatic carbocycles. The number of hydrogen-bond donors (Lipinski definition) is 0. The molecular formula is C19H22Zr+2. The first-order valence-electron chi connectivity index (χ1n) is 7.28. The van der Waals surface area contributed by atoms with E-state index in [1.54, 1.807) is 0 Å². The predicted molar refractivity (Wildman–Crippen MR) is 84.3 cm³/mol. The SMILES string of the molecule is CC(C)c1ccc([C](=[Zr+2])c2ccc(C(C)C)cc2)cc1. The summed E-state index contributed by atoms with van der Waals surface area (Å²) in [5.74, 6) is 1.20. The van der Waals surface area contributed by atoms with Gasteiger partial charge in [-0.3, -0.25) is 0 Å². The summed E-state index contributed by atoms with van der Waals surface area (Å²) in [6.45, 7) is 8.95. The summed E-state index contributed by atoms with van der Waals surface area (Å²) in [6, 6.07) is 18.1. The molecule has 0 spiro atoms. The minimum atomic E-state index is 0.600. The van der Waals surface area contributed by atoms with E-state index >= 15 is 0 Å². The van der Waals surface area contributed by atoms with Crippen LogP contribution in [0.3, 0.4) is 0 Å². The average Bonchev–Trinajstić information content (AvgIpc) is 2.46. The van der Waals surface area contributed by atoms with Crippen LogP contribution in [0.15, 0.2) is 48.5 Å². The van der Waals surface area contributed by atoms with E-state index in [-0.39, 0.29) is 0 Å². The fourth-order valence-electron chi connectivity index (χ4n) is 2.24. The van der Waals surface area contributed by atoms with Gasteiger partial charge in [0.25, 0.3) is 0 Å². The Hall–Kier alpha value is -0.807. The van der Waals surface area contributed by atoms with Gasteiger partial charge in [-0.2, -0.15) is 0 Å². The van der Waals surface area contributed by atoms with Gasteiger partial charge in [0.05, 0.1) is 0 Å². The molecule has 1 heteroatoms. The Morgan fingerprint density at radius 3 is 1.20 bits per heavy atom. The molecule has 100 valence electrons.